The third kappa shape index (κ3) is 3.29. The normalized spacial score (nSPS) is 14.2. The topological polar surface area (TPSA) is 84.5 Å². The zero-order valence-electron chi connectivity index (χ0n) is 12.5. The van der Waals surface area contributed by atoms with Crippen molar-refractivity contribution in [2.24, 2.45) is 0 Å². The lowest BCUT2D eigenvalue weighted by Gasteiger charge is -2.11. The molecule has 0 spiro atoms. The molecule has 2 aromatic rings. The van der Waals surface area contributed by atoms with Gasteiger partial charge in [0.2, 0.25) is 0 Å². The van der Waals surface area contributed by atoms with Gasteiger partial charge in [-0.15, -0.1) is 0 Å². The molecular weight excluding hydrogens is 316 g/mol. The van der Waals surface area contributed by atoms with Gasteiger partial charge in [0, 0.05) is 5.69 Å². The molecule has 0 atom stereocenters. The Balaban J connectivity index is 1.93. The van der Waals surface area contributed by atoms with Gasteiger partial charge in [-0.2, -0.15) is 0 Å². The molecule has 0 fully saturated rings. The van der Waals surface area contributed by atoms with Crippen molar-refractivity contribution in [2.75, 3.05) is 17.9 Å². The second-order valence-corrected chi connectivity index (χ2v) is 6.92. The maximum Gasteiger partial charge on any atom is 0.261 e. The first-order chi connectivity index (χ1) is 11.0. The Bertz CT molecular complexity index is 862. The first-order valence-electron chi connectivity index (χ1n) is 7.10. The highest BCUT2D eigenvalue weighted by atomic mass is 32.2. The number of carbonyl (C=O) groups excluding carboxylic acids is 1. The molecular formula is C16H16N2O4S. The van der Waals surface area contributed by atoms with Crippen LogP contribution in [0.4, 0.5) is 5.69 Å². The lowest BCUT2D eigenvalue weighted by Crippen LogP contribution is -2.24. The fourth-order valence-electron chi connectivity index (χ4n) is 2.31. The van der Waals surface area contributed by atoms with E-state index in [9.17, 15) is 13.2 Å². The fourth-order valence-corrected chi connectivity index (χ4v) is 3.47. The van der Waals surface area contributed by atoms with Gasteiger partial charge >= 0.3 is 0 Å². The highest BCUT2D eigenvalue weighted by Gasteiger charge is 2.19. The Morgan fingerprint density at radius 2 is 2.00 bits per heavy atom. The number of sulfonamides is 1. The van der Waals surface area contributed by atoms with Crippen LogP contribution in [0.5, 0.6) is 5.75 Å². The van der Waals surface area contributed by atoms with Crippen molar-refractivity contribution in [2.45, 2.75) is 11.8 Å². The third-order valence-corrected chi connectivity index (χ3v) is 4.80. The second kappa shape index (κ2) is 5.92. The van der Waals surface area contributed by atoms with Crippen molar-refractivity contribution < 1.29 is 17.9 Å². The molecule has 23 heavy (non-hydrogen) atoms. The molecule has 1 amide bonds. The minimum atomic E-state index is -3.71. The van der Waals surface area contributed by atoms with E-state index in [0.29, 0.717) is 30.2 Å². The molecule has 0 bridgehead atoms. The molecule has 2 aromatic carbocycles. The summed E-state index contributed by atoms with van der Waals surface area (Å²) in [5, 5.41) is 2.69. The molecule has 0 radical (unpaired) electrons. The first kappa shape index (κ1) is 15.4. The van der Waals surface area contributed by atoms with Crippen LogP contribution < -0.4 is 14.8 Å². The summed E-state index contributed by atoms with van der Waals surface area (Å²) in [6.45, 7) is 2.62. The summed E-state index contributed by atoms with van der Waals surface area (Å²) in [6, 6.07) is 11.3. The monoisotopic (exact) mass is 332 g/mol. The van der Waals surface area contributed by atoms with Crippen LogP contribution in [0.2, 0.25) is 0 Å². The highest BCUT2D eigenvalue weighted by Crippen LogP contribution is 2.26. The Morgan fingerprint density at radius 1 is 1.17 bits per heavy atom. The van der Waals surface area contributed by atoms with Crippen LogP contribution >= 0.6 is 0 Å². The van der Waals surface area contributed by atoms with Gasteiger partial charge in [-0.05, 0) is 42.8 Å². The molecule has 0 unspecified atom stereocenters. The van der Waals surface area contributed by atoms with Crippen LogP contribution in [0.1, 0.15) is 15.9 Å². The van der Waals surface area contributed by atoms with E-state index in [1.54, 1.807) is 24.3 Å². The number of rotatable bonds is 3. The number of amides is 1. The SMILES string of the molecule is Cc1cccc(S(=O)(=O)Nc2ccc3c(c2)C(=O)NCCO3)c1. The van der Waals surface area contributed by atoms with Crippen LogP contribution in [0.3, 0.4) is 0 Å². The average Bonchev–Trinajstić information content (AvgIpc) is 2.69. The van der Waals surface area contributed by atoms with Gasteiger partial charge in [-0.25, -0.2) is 8.42 Å². The van der Waals surface area contributed by atoms with Crippen LogP contribution in [-0.2, 0) is 10.0 Å². The van der Waals surface area contributed by atoms with E-state index in [-0.39, 0.29) is 10.8 Å². The Labute approximate surface area is 134 Å². The molecule has 0 saturated carbocycles. The number of carbonyl (C=O) groups is 1. The third-order valence-electron chi connectivity index (χ3n) is 3.42. The van der Waals surface area contributed by atoms with E-state index in [0.717, 1.165) is 5.56 Å². The predicted molar refractivity (Wildman–Crippen MR) is 86.3 cm³/mol. The lowest BCUT2D eigenvalue weighted by atomic mass is 10.1. The van der Waals surface area contributed by atoms with Gasteiger partial charge in [-0.1, -0.05) is 12.1 Å². The van der Waals surface area contributed by atoms with Crippen molar-refractivity contribution in [3.05, 3.63) is 53.6 Å². The van der Waals surface area contributed by atoms with Gasteiger partial charge < -0.3 is 10.1 Å². The van der Waals surface area contributed by atoms with Crippen LogP contribution in [-0.4, -0.2) is 27.5 Å². The number of hydrogen-bond acceptors (Lipinski definition) is 4. The summed E-state index contributed by atoms with van der Waals surface area (Å²) < 4.78 is 32.8. The maximum absolute atomic E-state index is 12.4. The van der Waals surface area contributed by atoms with E-state index in [1.807, 2.05) is 13.0 Å². The van der Waals surface area contributed by atoms with Crippen molar-refractivity contribution in [3.8, 4) is 5.75 Å². The molecule has 3 rings (SSSR count). The summed E-state index contributed by atoms with van der Waals surface area (Å²) in [5.74, 6) is 0.160. The molecule has 7 heteroatoms. The van der Waals surface area contributed by atoms with Crippen molar-refractivity contribution >= 4 is 21.6 Å². The van der Waals surface area contributed by atoms with Crippen LogP contribution in [0.25, 0.3) is 0 Å². The van der Waals surface area contributed by atoms with Gasteiger partial charge in [0.1, 0.15) is 12.4 Å². The lowest BCUT2D eigenvalue weighted by molar-refractivity contribution is 0.0957. The Hall–Kier alpha value is -2.54. The summed E-state index contributed by atoms with van der Waals surface area (Å²) in [4.78, 5) is 12.1. The number of hydrogen-bond donors (Lipinski definition) is 2. The quantitative estimate of drug-likeness (QED) is 0.899. The van der Waals surface area contributed by atoms with E-state index in [4.69, 9.17) is 4.74 Å². The number of fused-ring (bicyclic) bond motifs is 1. The first-order valence-corrected chi connectivity index (χ1v) is 8.58. The van der Waals surface area contributed by atoms with Crippen molar-refractivity contribution in [1.29, 1.82) is 0 Å². The van der Waals surface area contributed by atoms with E-state index >= 15 is 0 Å². The van der Waals surface area contributed by atoms with E-state index < -0.39 is 10.0 Å². The minimum Gasteiger partial charge on any atom is -0.491 e. The molecule has 0 aromatic heterocycles. The van der Waals surface area contributed by atoms with Gasteiger partial charge in [-0.3, -0.25) is 9.52 Å². The largest absolute Gasteiger partial charge is 0.491 e. The maximum atomic E-state index is 12.4. The smallest absolute Gasteiger partial charge is 0.261 e. The van der Waals surface area contributed by atoms with Crippen molar-refractivity contribution in [1.82, 2.24) is 5.32 Å². The summed E-state index contributed by atoms with van der Waals surface area (Å²) >= 11 is 0. The molecule has 120 valence electrons. The number of nitrogens with one attached hydrogen (secondary N) is 2. The van der Waals surface area contributed by atoms with Gasteiger partial charge in [0.05, 0.1) is 17.0 Å². The number of aryl methyl sites for hydroxylation is 1. The molecule has 1 heterocycles. The Morgan fingerprint density at radius 3 is 2.78 bits per heavy atom. The standard InChI is InChI=1S/C16H16N2O4S/c1-11-3-2-4-13(9-11)23(20,21)18-12-5-6-15-14(10-12)16(19)17-7-8-22-15/h2-6,9-10,18H,7-8H2,1H3,(H,17,19). The predicted octanol–water partition coefficient (Wildman–Crippen LogP) is 1.92. The summed E-state index contributed by atoms with van der Waals surface area (Å²) in [6.07, 6.45) is 0. The van der Waals surface area contributed by atoms with Gasteiger partial charge in [0.25, 0.3) is 15.9 Å². The minimum absolute atomic E-state index is 0.174. The number of anilines is 1. The Kier molecular flexibility index (Phi) is 3.96. The molecule has 0 saturated heterocycles. The van der Waals surface area contributed by atoms with Crippen LogP contribution in [0.15, 0.2) is 47.4 Å². The molecule has 1 aliphatic rings. The zero-order chi connectivity index (χ0) is 16.4. The summed E-state index contributed by atoms with van der Waals surface area (Å²) in [5.41, 5.74) is 1.47. The van der Waals surface area contributed by atoms with E-state index in [2.05, 4.69) is 10.0 Å². The highest BCUT2D eigenvalue weighted by molar-refractivity contribution is 7.92. The molecule has 6 nitrogen and oxygen atoms in total. The van der Waals surface area contributed by atoms with Crippen molar-refractivity contribution in [3.63, 3.8) is 0 Å². The number of benzene rings is 2. The van der Waals surface area contributed by atoms with Crippen LogP contribution in [0, 0.1) is 6.92 Å². The zero-order valence-corrected chi connectivity index (χ0v) is 13.3. The van der Waals surface area contributed by atoms with Gasteiger partial charge in [0.15, 0.2) is 0 Å². The molecule has 0 aliphatic carbocycles. The fraction of sp³-hybridized carbons (Fsp3) is 0.188. The number of ether oxygens (including phenoxy) is 1. The molecule has 2 N–H and O–H groups in total. The molecule has 1 aliphatic heterocycles. The summed E-state index contributed by atoms with van der Waals surface area (Å²) in [7, 11) is -3.71. The van der Waals surface area contributed by atoms with E-state index in [1.165, 1.54) is 12.1 Å². The average molecular weight is 332 g/mol. The second-order valence-electron chi connectivity index (χ2n) is 5.24.